The zero-order valence-electron chi connectivity index (χ0n) is 24.3. The number of aromatic nitrogens is 1. The quantitative estimate of drug-likeness (QED) is 0.309. The van der Waals surface area contributed by atoms with Crippen molar-refractivity contribution < 1.29 is 19.2 Å². The average molecular weight is 590 g/mol. The number of nitrogens with one attached hydrogen (secondary N) is 2. The van der Waals surface area contributed by atoms with E-state index in [0.717, 1.165) is 24.1 Å². The number of aryl methyl sites for hydroxylation is 1. The van der Waals surface area contributed by atoms with Crippen molar-refractivity contribution in [3.8, 4) is 0 Å². The number of nitrogens with zero attached hydrogens (tertiary/aromatic N) is 3. The van der Waals surface area contributed by atoms with Crippen molar-refractivity contribution in [2.75, 3.05) is 20.1 Å². The number of thioether (sulfide) groups is 1. The van der Waals surface area contributed by atoms with E-state index in [9.17, 15) is 14.7 Å². The van der Waals surface area contributed by atoms with Crippen LogP contribution in [0.5, 0.6) is 0 Å². The topological polar surface area (TPSA) is 111 Å². The Bertz CT molecular complexity index is 1410. The highest BCUT2D eigenvalue weighted by Crippen LogP contribution is 2.37. The summed E-state index contributed by atoms with van der Waals surface area (Å²) in [7, 11) is 2.08. The third-order valence-corrected chi connectivity index (χ3v) is 9.37. The normalized spacial score (nSPS) is 20.0. The molecular weight excluding hydrogens is 550 g/mol. The summed E-state index contributed by atoms with van der Waals surface area (Å²) in [5.74, 6) is 0.285. The van der Waals surface area contributed by atoms with Crippen LogP contribution in [0.1, 0.15) is 57.5 Å². The molecule has 222 valence electrons. The first-order chi connectivity index (χ1) is 20.3. The van der Waals surface area contributed by atoms with Gasteiger partial charge in [0.15, 0.2) is 5.76 Å². The average Bonchev–Trinajstić information content (AvgIpc) is 3.73. The van der Waals surface area contributed by atoms with Crippen LogP contribution in [0.2, 0.25) is 0 Å². The van der Waals surface area contributed by atoms with Crippen molar-refractivity contribution in [2.45, 2.75) is 63.2 Å². The van der Waals surface area contributed by atoms with Crippen LogP contribution in [0.25, 0.3) is 0 Å². The van der Waals surface area contributed by atoms with Gasteiger partial charge in [-0.05, 0) is 62.3 Å². The number of aliphatic hydroxyl groups excluding tert-OH is 1. The summed E-state index contributed by atoms with van der Waals surface area (Å²) in [4.78, 5) is 31.4. The monoisotopic (exact) mass is 589 g/mol. The van der Waals surface area contributed by atoms with Gasteiger partial charge in [-0.25, -0.2) is 0 Å². The molecule has 3 N–H and O–H groups in total. The molecule has 5 rings (SSSR count). The molecule has 42 heavy (non-hydrogen) atoms. The number of amides is 2. The fourth-order valence-corrected chi connectivity index (χ4v) is 6.90. The number of rotatable bonds is 11. The summed E-state index contributed by atoms with van der Waals surface area (Å²) in [6, 6.07) is 18.0. The van der Waals surface area contributed by atoms with Crippen molar-refractivity contribution >= 4 is 23.6 Å². The van der Waals surface area contributed by atoms with Crippen LogP contribution in [-0.4, -0.2) is 75.6 Å². The van der Waals surface area contributed by atoms with Gasteiger partial charge in [-0.15, -0.1) is 11.8 Å². The predicted octanol–water partition coefficient (Wildman–Crippen LogP) is 3.95. The van der Waals surface area contributed by atoms with Gasteiger partial charge in [0.05, 0.1) is 35.8 Å². The van der Waals surface area contributed by atoms with Crippen LogP contribution in [0.15, 0.2) is 76.3 Å². The second-order valence-corrected chi connectivity index (χ2v) is 12.1. The fraction of sp³-hybridized carbons (Fsp3) is 0.406. The number of benzene rings is 2. The number of likely N-dealkylation sites (N-methyl/N-ethyl adjacent to an activating group) is 1. The SMILES string of the molecule is CC1=CSC([C@H]2CCCN2C(=O)c2cccc(C(=O)N[C@@H](Cc3ccccc3)[C@H](O)CNCc3cc(C)no3)c2)N1C. The first-order valence-electron chi connectivity index (χ1n) is 14.4. The maximum Gasteiger partial charge on any atom is 0.254 e. The summed E-state index contributed by atoms with van der Waals surface area (Å²) in [5.41, 5.74) is 3.87. The molecule has 1 aromatic heterocycles. The van der Waals surface area contributed by atoms with E-state index in [1.165, 1.54) is 5.70 Å². The first-order valence-corrected chi connectivity index (χ1v) is 15.4. The maximum atomic E-state index is 13.7. The highest BCUT2D eigenvalue weighted by atomic mass is 32.2. The van der Waals surface area contributed by atoms with Gasteiger partial charge in [0.25, 0.3) is 11.8 Å². The molecule has 1 unspecified atom stereocenters. The largest absolute Gasteiger partial charge is 0.390 e. The Morgan fingerprint density at radius 1 is 1.12 bits per heavy atom. The smallest absolute Gasteiger partial charge is 0.254 e. The molecule has 4 atom stereocenters. The van der Waals surface area contributed by atoms with E-state index in [1.54, 1.807) is 36.0 Å². The molecule has 1 fully saturated rings. The Labute approximate surface area is 251 Å². The van der Waals surface area contributed by atoms with Gasteiger partial charge in [0.2, 0.25) is 0 Å². The molecule has 0 saturated carbocycles. The van der Waals surface area contributed by atoms with Gasteiger partial charge in [-0.3, -0.25) is 9.59 Å². The lowest BCUT2D eigenvalue weighted by atomic mass is 10.00. The molecule has 0 aliphatic carbocycles. The fourth-order valence-electron chi connectivity index (χ4n) is 5.58. The standard InChI is InChI=1S/C32H39N5O4S/c1-21-15-26(41-35-21)18-33-19-29(38)27(16-23-9-5-4-6-10-23)34-30(39)24-11-7-12-25(17-24)31(40)37-14-8-13-28(37)32-36(3)22(2)20-42-32/h4-7,9-12,15,17,20,27-29,32-33,38H,8,13-14,16,18-19H2,1-3H3,(H,34,39)/t27-,28+,29+,32?/m0/s1. The second kappa shape index (κ2) is 13.6. The van der Waals surface area contributed by atoms with E-state index in [-0.39, 0.29) is 29.8 Å². The summed E-state index contributed by atoms with van der Waals surface area (Å²) < 4.78 is 5.24. The third-order valence-electron chi connectivity index (χ3n) is 7.99. The molecule has 2 aliphatic heterocycles. The van der Waals surface area contributed by atoms with Crippen LogP contribution in [-0.2, 0) is 13.0 Å². The van der Waals surface area contributed by atoms with Crippen LogP contribution in [0, 0.1) is 6.92 Å². The van der Waals surface area contributed by atoms with Crippen LogP contribution in [0.4, 0.5) is 0 Å². The van der Waals surface area contributed by atoms with E-state index in [2.05, 4.69) is 40.1 Å². The number of carbonyl (C=O) groups is 2. The Morgan fingerprint density at radius 2 is 1.90 bits per heavy atom. The summed E-state index contributed by atoms with van der Waals surface area (Å²) in [6.45, 7) is 5.30. The minimum Gasteiger partial charge on any atom is -0.390 e. The second-order valence-electron chi connectivity index (χ2n) is 11.1. The molecule has 3 heterocycles. The molecule has 0 spiro atoms. The Morgan fingerprint density at radius 3 is 2.62 bits per heavy atom. The lowest BCUT2D eigenvalue weighted by molar-refractivity contribution is 0.0706. The molecule has 9 nitrogen and oxygen atoms in total. The Balaban J connectivity index is 1.26. The van der Waals surface area contributed by atoms with Crippen LogP contribution < -0.4 is 10.6 Å². The number of allylic oxidation sites excluding steroid dienone is 1. The number of carbonyl (C=O) groups excluding carboxylic acids is 2. The van der Waals surface area contributed by atoms with E-state index in [1.807, 2.05) is 48.2 Å². The van der Waals surface area contributed by atoms with Gasteiger partial charge < -0.3 is 30.1 Å². The number of likely N-dealkylation sites (tertiary alicyclic amines) is 1. The van der Waals surface area contributed by atoms with Crippen molar-refractivity contribution in [2.24, 2.45) is 0 Å². The summed E-state index contributed by atoms with van der Waals surface area (Å²) >= 11 is 1.76. The number of hydrogen-bond acceptors (Lipinski definition) is 8. The van der Waals surface area contributed by atoms with E-state index >= 15 is 0 Å². The van der Waals surface area contributed by atoms with Gasteiger partial charge in [0, 0.05) is 43.0 Å². The number of hydrogen-bond donors (Lipinski definition) is 3. The zero-order chi connectivity index (χ0) is 29.6. The minimum absolute atomic E-state index is 0.0570. The maximum absolute atomic E-state index is 13.7. The van der Waals surface area contributed by atoms with Gasteiger partial charge in [0.1, 0.15) is 0 Å². The summed E-state index contributed by atoms with van der Waals surface area (Å²) in [5, 5.41) is 23.6. The van der Waals surface area contributed by atoms with Crippen molar-refractivity contribution in [3.63, 3.8) is 0 Å². The highest BCUT2D eigenvalue weighted by Gasteiger charge is 2.39. The molecule has 2 amide bonds. The predicted molar refractivity (Wildman–Crippen MR) is 164 cm³/mol. The number of aliphatic hydroxyl groups is 1. The summed E-state index contributed by atoms with van der Waals surface area (Å²) in [6.07, 6.45) is 1.50. The lowest BCUT2D eigenvalue weighted by Gasteiger charge is -2.34. The zero-order valence-corrected chi connectivity index (χ0v) is 25.1. The van der Waals surface area contributed by atoms with Crippen molar-refractivity contribution in [1.29, 1.82) is 0 Å². The Kier molecular flexibility index (Phi) is 9.66. The Hall–Kier alpha value is -3.60. The molecular formula is C32H39N5O4S. The third kappa shape index (κ3) is 7.06. The van der Waals surface area contributed by atoms with E-state index in [4.69, 9.17) is 4.52 Å². The minimum atomic E-state index is -0.869. The van der Waals surface area contributed by atoms with Gasteiger partial charge in [-0.2, -0.15) is 0 Å². The van der Waals surface area contributed by atoms with Crippen molar-refractivity contribution in [1.82, 2.24) is 25.6 Å². The van der Waals surface area contributed by atoms with Crippen molar-refractivity contribution in [3.05, 3.63) is 99.9 Å². The van der Waals surface area contributed by atoms with Crippen LogP contribution >= 0.6 is 11.8 Å². The molecule has 2 aromatic carbocycles. The molecule has 3 aromatic rings. The van der Waals surface area contributed by atoms with E-state index in [0.29, 0.717) is 36.4 Å². The van der Waals surface area contributed by atoms with Gasteiger partial charge in [-0.1, -0.05) is 41.6 Å². The highest BCUT2D eigenvalue weighted by molar-refractivity contribution is 8.03. The first kappa shape index (κ1) is 29.9. The molecule has 0 radical (unpaired) electrons. The van der Waals surface area contributed by atoms with E-state index < -0.39 is 12.1 Å². The lowest BCUT2D eigenvalue weighted by Crippen LogP contribution is -2.48. The molecule has 0 bridgehead atoms. The molecule has 1 saturated heterocycles. The molecule has 2 aliphatic rings. The van der Waals surface area contributed by atoms with Crippen LogP contribution in [0.3, 0.4) is 0 Å². The van der Waals surface area contributed by atoms with Gasteiger partial charge >= 0.3 is 0 Å². The molecule has 10 heteroatoms.